The average molecular weight is 669 g/mol. The highest BCUT2D eigenvalue weighted by atomic mass is 32.2. The van der Waals surface area contributed by atoms with E-state index in [4.69, 9.17) is 32.0 Å². The van der Waals surface area contributed by atoms with Gasteiger partial charge in [-0.2, -0.15) is 8.42 Å². The predicted octanol–water partition coefficient (Wildman–Crippen LogP) is 2.82. The minimum Gasteiger partial charge on any atom is -0.480 e. The van der Waals surface area contributed by atoms with E-state index in [0.29, 0.717) is 32.4 Å². The number of aliphatic hydroxyl groups excluding tert-OH is 1. The van der Waals surface area contributed by atoms with Crippen molar-refractivity contribution >= 4 is 33.9 Å². The van der Waals surface area contributed by atoms with E-state index in [1.165, 1.54) is 84.0 Å². The second kappa shape index (κ2) is 34.4. The first kappa shape index (κ1) is 46.9. The van der Waals surface area contributed by atoms with Gasteiger partial charge in [0.15, 0.2) is 5.96 Å². The van der Waals surface area contributed by atoms with Crippen LogP contribution in [0.25, 0.3) is 0 Å². The third kappa shape index (κ3) is 46.1. The molecule has 14 nitrogen and oxygen atoms in total. The van der Waals surface area contributed by atoms with Crippen LogP contribution in [0.15, 0.2) is 4.99 Å². The number of aliphatic carboxylic acids is 1. The molecule has 0 aliphatic rings. The molecule has 0 aliphatic carbocycles. The number of aliphatic imine (C=N–C) groups is 1. The number of rotatable bonds is 26. The Morgan fingerprint density at radius 2 is 1.27 bits per heavy atom. The van der Waals surface area contributed by atoms with Crippen LogP contribution in [0.2, 0.25) is 0 Å². The molecule has 0 aromatic heterocycles. The van der Waals surface area contributed by atoms with E-state index in [2.05, 4.69) is 22.5 Å². The Bertz CT molecular complexity index is 853. The number of aliphatic hydroxyl groups is 1. The molecule has 0 unspecified atom stereocenters. The smallest absolute Gasteiger partial charge is 0.326 e. The minimum absolute atomic E-state index is 0.0175. The first-order valence-corrected chi connectivity index (χ1v) is 18.0. The Kier molecular flexibility index (Phi) is 35.9. The number of nitrogens with one attached hydrogen (secondary N) is 2. The van der Waals surface area contributed by atoms with E-state index >= 15 is 0 Å². The number of nitrogens with two attached hydrogens (primary N) is 3. The van der Waals surface area contributed by atoms with Crippen molar-refractivity contribution in [2.75, 3.05) is 32.0 Å². The topological polar surface area (TPSA) is 261 Å². The highest BCUT2D eigenvalue weighted by Crippen LogP contribution is 2.13. The third-order valence-corrected chi connectivity index (χ3v) is 7.16. The fourth-order valence-electron chi connectivity index (χ4n) is 4.07. The summed E-state index contributed by atoms with van der Waals surface area (Å²) in [6.45, 7) is 4.34. The SMILES string of the molecule is CC(=O)N[C@@H](CCCN=C(N)N)C(=O)O.CCCCCCCCCCCCCCCCCC(=O)NCCS(=O)(=O)O.NCCO. The molecule has 0 aliphatic heterocycles. The predicted molar refractivity (Wildman–Crippen MR) is 180 cm³/mol. The summed E-state index contributed by atoms with van der Waals surface area (Å²) < 4.78 is 29.6. The number of unbranched alkanes of at least 4 members (excludes halogenated alkanes) is 14. The average Bonchev–Trinajstić information content (AvgIpc) is 2.96. The van der Waals surface area contributed by atoms with Crippen molar-refractivity contribution in [1.82, 2.24) is 10.6 Å². The van der Waals surface area contributed by atoms with Gasteiger partial charge >= 0.3 is 5.97 Å². The summed E-state index contributed by atoms with van der Waals surface area (Å²) in [5, 5.41) is 21.3. The van der Waals surface area contributed by atoms with Crippen LogP contribution in [-0.4, -0.2) is 85.0 Å². The van der Waals surface area contributed by atoms with E-state index in [1.807, 2.05) is 0 Å². The fraction of sp³-hybridized carbons (Fsp3) is 0.867. The maximum Gasteiger partial charge on any atom is 0.326 e. The van der Waals surface area contributed by atoms with Crippen molar-refractivity contribution < 1.29 is 37.6 Å². The molecule has 0 spiro atoms. The molecule has 15 heteroatoms. The number of carbonyl (C=O) groups excluding carboxylic acids is 2. The largest absolute Gasteiger partial charge is 0.480 e. The van der Waals surface area contributed by atoms with Crippen LogP contribution in [0.1, 0.15) is 129 Å². The summed E-state index contributed by atoms with van der Waals surface area (Å²) in [6, 6.07) is -0.878. The van der Waals surface area contributed by atoms with Crippen LogP contribution in [-0.2, 0) is 24.5 Å². The molecule has 0 rings (SSSR count). The van der Waals surface area contributed by atoms with Gasteiger partial charge < -0.3 is 38.0 Å². The fourth-order valence-corrected chi connectivity index (χ4v) is 4.43. The molecule has 45 heavy (non-hydrogen) atoms. The van der Waals surface area contributed by atoms with Crippen molar-refractivity contribution in [2.24, 2.45) is 22.2 Å². The van der Waals surface area contributed by atoms with Gasteiger partial charge in [0.05, 0.1) is 12.4 Å². The number of hydrogen-bond acceptors (Lipinski definition) is 8. The maximum atomic E-state index is 11.5. The molecule has 268 valence electrons. The number of guanidine groups is 1. The summed E-state index contributed by atoms with van der Waals surface area (Å²) >= 11 is 0. The molecule has 0 fully saturated rings. The molecule has 1 atom stereocenters. The lowest BCUT2D eigenvalue weighted by atomic mass is 10.0. The molecule has 0 saturated carbocycles. The van der Waals surface area contributed by atoms with Gasteiger partial charge in [0.2, 0.25) is 11.8 Å². The first-order valence-electron chi connectivity index (χ1n) is 16.4. The zero-order chi connectivity index (χ0) is 34.8. The lowest BCUT2D eigenvalue weighted by Gasteiger charge is -2.11. The standard InChI is InChI=1S/C20H41NO4S.C8H16N4O3.C2H7NO/c1-2-3-4-5-6-7-8-9-10-11-12-13-14-15-16-17-20(22)21-18-19-26(23,24)25;1-5(13)12-6(7(14)15)3-2-4-11-8(9)10;3-1-2-4/h2-19H2,1H3,(H,21,22)(H,23,24,25);6H,2-4H2,1H3,(H,12,13)(H,14,15)(H4,9,10,11);4H,1-3H2/t;6-;/m.0./s1. The zero-order valence-corrected chi connectivity index (χ0v) is 28.6. The summed E-state index contributed by atoms with van der Waals surface area (Å²) in [7, 11) is -3.99. The number of carboxylic acids is 1. The van der Waals surface area contributed by atoms with E-state index in [-0.39, 0.29) is 30.9 Å². The van der Waals surface area contributed by atoms with Gasteiger partial charge in [-0.15, -0.1) is 0 Å². The molecule has 0 saturated heterocycles. The second-order valence-corrected chi connectivity index (χ2v) is 12.5. The number of carbonyl (C=O) groups is 3. The number of hydrogen-bond donors (Lipinski definition) is 8. The lowest BCUT2D eigenvalue weighted by molar-refractivity contribution is -0.141. The summed E-state index contributed by atoms with van der Waals surface area (Å²) in [6.07, 6.45) is 20.6. The third-order valence-electron chi connectivity index (χ3n) is 6.44. The van der Waals surface area contributed by atoms with Crippen molar-refractivity contribution in [3.8, 4) is 0 Å². The van der Waals surface area contributed by atoms with E-state index in [9.17, 15) is 22.8 Å². The molecule has 0 aromatic carbocycles. The van der Waals surface area contributed by atoms with Crippen LogP contribution in [0.3, 0.4) is 0 Å². The quantitative estimate of drug-likeness (QED) is 0.0287. The number of carboxylic acid groups (broad SMARTS) is 1. The van der Waals surface area contributed by atoms with E-state index < -0.39 is 27.9 Å². The second-order valence-electron chi connectivity index (χ2n) is 10.9. The summed E-state index contributed by atoms with van der Waals surface area (Å²) in [5.74, 6) is -2.01. The van der Waals surface area contributed by atoms with Gasteiger partial charge in [-0.25, -0.2) is 4.79 Å². The number of amides is 2. The molecule has 0 radical (unpaired) electrons. The van der Waals surface area contributed by atoms with Crippen LogP contribution in [0, 0.1) is 0 Å². The Hall–Kier alpha value is -2.49. The van der Waals surface area contributed by atoms with Crippen LogP contribution in [0.4, 0.5) is 0 Å². The van der Waals surface area contributed by atoms with Gasteiger partial charge in [0, 0.05) is 33.0 Å². The lowest BCUT2D eigenvalue weighted by Crippen LogP contribution is -2.39. The van der Waals surface area contributed by atoms with Crippen molar-refractivity contribution in [3.63, 3.8) is 0 Å². The van der Waals surface area contributed by atoms with Crippen LogP contribution in [0.5, 0.6) is 0 Å². The van der Waals surface area contributed by atoms with Gasteiger partial charge in [0.1, 0.15) is 6.04 Å². The van der Waals surface area contributed by atoms with Gasteiger partial charge in [-0.1, -0.05) is 96.8 Å². The Labute approximate surface area is 271 Å². The van der Waals surface area contributed by atoms with Crippen molar-refractivity contribution in [1.29, 1.82) is 0 Å². The van der Waals surface area contributed by atoms with Crippen LogP contribution >= 0.6 is 0 Å². The minimum atomic E-state index is -3.99. The highest BCUT2D eigenvalue weighted by molar-refractivity contribution is 7.85. The molecular weight excluding hydrogens is 604 g/mol. The summed E-state index contributed by atoms with van der Waals surface area (Å²) in [5.41, 5.74) is 15.0. The normalized spacial score (nSPS) is 11.2. The summed E-state index contributed by atoms with van der Waals surface area (Å²) in [4.78, 5) is 36.5. The molecule has 0 heterocycles. The van der Waals surface area contributed by atoms with Gasteiger partial charge in [-0.05, 0) is 19.3 Å². The Balaban J connectivity index is -0.000000779. The van der Waals surface area contributed by atoms with E-state index in [1.54, 1.807) is 0 Å². The van der Waals surface area contributed by atoms with Gasteiger partial charge in [-0.3, -0.25) is 19.1 Å². The monoisotopic (exact) mass is 668 g/mol. The first-order chi connectivity index (χ1) is 21.3. The van der Waals surface area contributed by atoms with Crippen LogP contribution < -0.4 is 27.8 Å². The molecule has 11 N–H and O–H groups in total. The molecule has 2 amide bonds. The molecular formula is C30H64N6O8S. The number of nitrogens with zero attached hydrogens (tertiary/aromatic N) is 1. The van der Waals surface area contributed by atoms with Crippen molar-refractivity contribution in [3.05, 3.63) is 0 Å². The van der Waals surface area contributed by atoms with Crippen molar-refractivity contribution in [2.45, 2.75) is 135 Å². The van der Waals surface area contributed by atoms with E-state index in [0.717, 1.165) is 19.3 Å². The zero-order valence-electron chi connectivity index (χ0n) is 27.8. The molecule has 0 aromatic rings. The van der Waals surface area contributed by atoms with Gasteiger partial charge in [0.25, 0.3) is 10.1 Å². The Morgan fingerprint density at radius 3 is 1.62 bits per heavy atom. The Morgan fingerprint density at radius 1 is 0.822 bits per heavy atom. The molecule has 0 bridgehead atoms. The maximum absolute atomic E-state index is 11.5. The highest BCUT2D eigenvalue weighted by Gasteiger charge is 2.17.